The van der Waals surface area contributed by atoms with Gasteiger partial charge in [-0.2, -0.15) is 18.3 Å². The zero-order chi connectivity index (χ0) is 19.9. The number of alkyl halides is 3. The summed E-state index contributed by atoms with van der Waals surface area (Å²) >= 11 is 0. The molecule has 2 N–H and O–H groups in total. The molecule has 3 aromatic heterocycles. The number of rotatable bonds is 4. The summed E-state index contributed by atoms with van der Waals surface area (Å²) < 4.78 is 37.9. The molecule has 0 amide bonds. The summed E-state index contributed by atoms with van der Waals surface area (Å²) in [6.45, 7) is 2.06. The highest BCUT2D eigenvalue weighted by Gasteiger charge is 2.33. The monoisotopic (exact) mass is 386 g/mol. The molecule has 0 radical (unpaired) electrons. The van der Waals surface area contributed by atoms with Crippen LogP contribution in [0.2, 0.25) is 0 Å². The molecule has 0 saturated heterocycles. The predicted octanol–water partition coefficient (Wildman–Crippen LogP) is 4.72. The number of H-pyrrole nitrogens is 2. The lowest BCUT2D eigenvalue weighted by Crippen LogP contribution is -2.05. The zero-order valence-corrected chi connectivity index (χ0v) is 15.0. The number of allylic oxidation sites excluding steroid dienone is 4. The SMILES string of the molecule is CC1=CCC(c2cc3cc(CC(=O)c4cc(C(F)(F)F)[nH]n4)cnc3[nH]2)C=C1. The molecule has 1 aliphatic rings. The summed E-state index contributed by atoms with van der Waals surface area (Å²) in [5, 5.41) is 6.19. The average molecular weight is 386 g/mol. The van der Waals surface area contributed by atoms with Gasteiger partial charge < -0.3 is 4.98 Å². The Balaban J connectivity index is 1.52. The number of nitrogens with zero attached hydrogens (tertiary/aromatic N) is 2. The summed E-state index contributed by atoms with van der Waals surface area (Å²) in [5.41, 5.74) is 2.33. The predicted molar refractivity (Wildman–Crippen MR) is 98.0 cm³/mol. The van der Waals surface area contributed by atoms with Crippen LogP contribution in [-0.2, 0) is 12.6 Å². The van der Waals surface area contributed by atoms with Crippen LogP contribution in [-0.4, -0.2) is 25.9 Å². The van der Waals surface area contributed by atoms with Crippen molar-refractivity contribution in [1.82, 2.24) is 20.2 Å². The molecule has 0 aliphatic heterocycles. The first-order chi connectivity index (χ1) is 13.3. The van der Waals surface area contributed by atoms with Gasteiger partial charge >= 0.3 is 6.18 Å². The van der Waals surface area contributed by atoms with Crippen LogP contribution in [0.5, 0.6) is 0 Å². The molecular formula is C20H17F3N4O. The third-order valence-corrected chi connectivity index (χ3v) is 4.77. The molecule has 144 valence electrons. The molecule has 5 nitrogen and oxygen atoms in total. The van der Waals surface area contributed by atoms with Crippen molar-refractivity contribution in [3.05, 3.63) is 70.8 Å². The van der Waals surface area contributed by atoms with E-state index in [0.29, 0.717) is 11.2 Å². The van der Waals surface area contributed by atoms with Gasteiger partial charge in [-0.1, -0.05) is 23.8 Å². The van der Waals surface area contributed by atoms with Gasteiger partial charge in [0.1, 0.15) is 17.0 Å². The van der Waals surface area contributed by atoms with E-state index in [9.17, 15) is 18.0 Å². The van der Waals surface area contributed by atoms with Crippen molar-refractivity contribution in [2.75, 3.05) is 0 Å². The second-order valence-electron chi connectivity index (χ2n) is 6.92. The molecule has 4 rings (SSSR count). The highest BCUT2D eigenvalue weighted by molar-refractivity contribution is 5.96. The summed E-state index contributed by atoms with van der Waals surface area (Å²) in [4.78, 5) is 19.9. The molecule has 0 bridgehead atoms. The average Bonchev–Trinajstić information content (AvgIpc) is 3.29. The Morgan fingerprint density at radius 1 is 1.29 bits per heavy atom. The molecule has 1 atom stereocenters. The number of hydrogen-bond donors (Lipinski definition) is 2. The van der Waals surface area contributed by atoms with E-state index in [2.05, 4.69) is 40.2 Å². The maximum absolute atomic E-state index is 12.6. The number of pyridine rings is 1. The molecule has 8 heteroatoms. The van der Waals surface area contributed by atoms with Gasteiger partial charge in [-0.25, -0.2) is 4.98 Å². The van der Waals surface area contributed by atoms with Crippen LogP contribution >= 0.6 is 0 Å². The van der Waals surface area contributed by atoms with Gasteiger partial charge in [-0.15, -0.1) is 0 Å². The maximum atomic E-state index is 12.6. The van der Waals surface area contributed by atoms with Crippen LogP contribution in [0.15, 0.2) is 48.2 Å². The quantitative estimate of drug-likeness (QED) is 0.637. The van der Waals surface area contributed by atoms with Crippen molar-refractivity contribution in [3.63, 3.8) is 0 Å². The third-order valence-electron chi connectivity index (χ3n) is 4.77. The molecule has 28 heavy (non-hydrogen) atoms. The number of nitrogens with one attached hydrogen (secondary N) is 2. The molecule has 3 heterocycles. The lowest BCUT2D eigenvalue weighted by atomic mass is 9.94. The summed E-state index contributed by atoms with van der Waals surface area (Å²) in [6.07, 6.45) is 4.22. The van der Waals surface area contributed by atoms with Crippen LogP contribution in [0, 0.1) is 0 Å². The lowest BCUT2D eigenvalue weighted by Gasteiger charge is -2.12. The van der Waals surface area contributed by atoms with E-state index in [1.807, 2.05) is 17.2 Å². The molecule has 0 fully saturated rings. The minimum Gasteiger partial charge on any atom is -0.343 e. The van der Waals surface area contributed by atoms with E-state index in [1.165, 1.54) is 5.57 Å². The Morgan fingerprint density at radius 3 is 2.79 bits per heavy atom. The molecule has 1 aliphatic carbocycles. The number of carbonyl (C=O) groups is 1. The van der Waals surface area contributed by atoms with Gasteiger partial charge in [0.15, 0.2) is 5.78 Å². The molecular weight excluding hydrogens is 369 g/mol. The highest BCUT2D eigenvalue weighted by Crippen LogP contribution is 2.29. The van der Waals surface area contributed by atoms with E-state index < -0.39 is 17.7 Å². The van der Waals surface area contributed by atoms with Gasteiger partial charge in [-0.3, -0.25) is 9.89 Å². The minimum atomic E-state index is -4.56. The first-order valence-corrected chi connectivity index (χ1v) is 8.78. The van der Waals surface area contributed by atoms with Crippen molar-refractivity contribution < 1.29 is 18.0 Å². The normalized spacial score (nSPS) is 17.1. The number of carbonyl (C=O) groups excluding carboxylic acids is 1. The number of aromatic nitrogens is 4. The van der Waals surface area contributed by atoms with Gasteiger partial charge in [0.05, 0.1) is 0 Å². The Kier molecular flexibility index (Phi) is 4.41. The van der Waals surface area contributed by atoms with E-state index >= 15 is 0 Å². The van der Waals surface area contributed by atoms with Crippen LogP contribution in [0.3, 0.4) is 0 Å². The summed E-state index contributed by atoms with van der Waals surface area (Å²) in [7, 11) is 0. The Labute approximate surface area is 158 Å². The third kappa shape index (κ3) is 3.62. The number of fused-ring (bicyclic) bond motifs is 1. The molecule has 0 spiro atoms. The standard InChI is InChI=1S/C20H17F3N4O/c1-11-2-4-13(5-3-11)15-8-14-6-12(10-24-19(14)25-15)7-17(28)16-9-18(27-26-16)20(21,22)23/h2-4,6,8-10,13H,5,7H2,1H3,(H,24,25)(H,26,27). The van der Waals surface area contributed by atoms with Crippen molar-refractivity contribution in [2.24, 2.45) is 0 Å². The van der Waals surface area contributed by atoms with E-state index in [4.69, 9.17) is 0 Å². The molecule has 0 aromatic carbocycles. The van der Waals surface area contributed by atoms with Gasteiger partial charge in [-0.05, 0) is 37.1 Å². The Hall–Kier alpha value is -3.16. The fourth-order valence-corrected chi connectivity index (χ4v) is 3.22. The Bertz CT molecular complexity index is 1100. The number of hydrogen-bond acceptors (Lipinski definition) is 3. The van der Waals surface area contributed by atoms with E-state index in [-0.39, 0.29) is 18.0 Å². The van der Waals surface area contributed by atoms with Crippen molar-refractivity contribution in [3.8, 4) is 0 Å². The number of Topliss-reactive ketones (excluding diaryl/α,β-unsaturated/α-hetero) is 1. The molecule has 1 unspecified atom stereocenters. The first kappa shape index (κ1) is 18.2. The molecule has 3 aromatic rings. The largest absolute Gasteiger partial charge is 0.432 e. The second kappa shape index (κ2) is 6.78. The second-order valence-corrected chi connectivity index (χ2v) is 6.92. The van der Waals surface area contributed by atoms with Crippen LogP contribution in [0.25, 0.3) is 11.0 Å². The molecule has 0 saturated carbocycles. The smallest absolute Gasteiger partial charge is 0.343 e. The van der Waals surface area contributed by atoms with Gasteiger partial charge in [0, 0.05) is 29.6 Å². The fraction of sp³-hybridized carbons (Fsp3) is 0.250. The zero-order valence-electron chi connectivity index (χ0n) is 15.0. The summed E-state index contributed by atoms with van der Waals surface area (Å²) in [6, 6.07) is 4.55. The van der Waals surface area contributed by atoms with E-state index in [1.54, 1.807) is 6.20 Å². The number of aromatic amines is 2. The fourth-order valence-electron chi connectivity index (χ4n) is 3.22. The van der Waals surface area contributed by atoms with Crippen molar-refractivity contribution in [2.45, 2.75) is 31.9 Å². The van der Waals surface area contributed by atoms with Gasteiger partial charge in [0.25, 0.3) is 0 Å². The van der Waals surface area contributed by atoms with Crippen LogP contribution < -0.4 is 0 Å². The van der Waals surface area contributed by atoms with Crippen molar-refractivity contribution >= 4 is 16.8 Å². The first-order valence-electron chi connectivity index (χ1n) is 8.78. The number of ketones is 1. The summed E-state index contributed by atoms with van der Waals surface area (Å²) in [5.74, 6) is -0.257. The van der Waals surface area contributed by atoms with Crippen LogP contribution in [0.4, 0.5) is 13.2 Å². The maximum Gasteiger partial charge on any atom is 0.432 e. The number of halogens is 3. The topological polar surface area (TPSA) is 74.4 Å². The van der Waals surface area contributed by atoms with Crippen molar-refractivity contribution in [1.29, 1.82) is 0 Å². The van der Waals surface area contributed by atoms with E-state index in [0.717, 1.165) is 23.6 Å². The van der Waals surface area contributed by atoms with Gasteiger partial charge in [0.2, 0.25) is 0 Å². The minimum absolute atomic E-state index is 0.0726. The lowest BCUT2D eigenvalue weighted by molar-refractivity contribution is -0.141. The Morgan fingerprint density at radius 2 is 2.11 bits per heavy atom. The van der Waals surface area contributed by atoms with Crippen LogP contribution in [0.1, 0.15) is 46.7 Å². The highest BCUT2D eigenvalue weighted by atomic mass is 19.4.